The van der Waals surface area contributed by atoms with E-state index in [2.05, 4.69) is 36.2 Å². The first-order chi connectivity index (χ1) is 12.2. The molecule has 3 heteroatoms. The molecule has 25 heavy (non-hydrogen) atoms. The van der Waals surface area contributed by atoms with E-state index in [4.69, 9.17) is 11.6 Å². The number of pyridine rings is 1. The van der Waals surface area contributed by atoms with E-state index in [-0.39, 0.29) is 5.15 Å². The van der Waals surface area contributed by atoms with E-state index in [1.807, 2.05) is 0 Å². The molecular formula is C22H27ClFN. The number of hydrogen-bond acceptors (Lipinski definition) is 1. The first-order valence-electron chi connectivity index (χ1n) is 9.55. The second-order valence-electron chi connectivity index (χ2n) is 7.33. The number of rotatable bonds is 6. The largest absolute Gasteiger partial charge is 0.217 e. The molecule has 1 aliphatic carbocycles. The van der Waals surface area contributed by atoms with E-state index in [9.17, 15) is 4.39 Å². The van der Waals surface area contributed by atoms with Crippen molar-refractivity contribution in [2.45, 2.75) is 64.2 Å². The molecule has 1 fully saturated rings. The van der Waals surface area contributed by atoms with Crippen LogP contribution in [0.4, 0.5) is 4.39 Å². The van der Waals surface area contributed by atoms with Crippen LogP contribution in [0.3, 0.4) is 0 Å². The SMILES string of the molecule is CCCC1CCC(c2ccc(CCc3ccc(Cl)nc3F)cc2)CC1. The predicted octanol–water partition coefficient (Wildman–Crippen LogP) is 6.73. The number of hydrogen-bond donors (Lipinski definition) is 0. The average molecular weight is 360 g/mol. The van der Waals surface area contributed by atoms with Gasteiger partial charge >= 0.3 is 0 Å². The van der Waals surface area contributed by atoms with Crippen LogP contribution >= 0.6 is 11.6 Å². The van der Waals surface area contributed by atoms with E-state index in [0.717, 1.165) is 18.3 Å². The van der Waals surface area contributed by atoms with Crippen molar-refractivity contribution in [1.82, 2.24) is 4.98 Å². The summed E-state index contributed by atoms with van der Waals surface area (Å²) in [6, 6.07) is 12.3. The topological polar surface area (TPSA) is 12.9 Å². The molecule has 0 amide bonds. The number of aromatic nitrogens is 1. The molecule has 2 aromatic rings. The standard InChI is InChI=1S/C22H27ClFN/c1-2-3-16-4-9-18(10-5-16)19-11-6-17(7-12-19)8-13-20-14-15-21(23)25-22(20)24/h6-7,11-12,14-16,18H,2-5,8-10,13H2,1H3. The molecule has 1 aromatic carbocycles. The van der Waals surface area contributed by atoms with Crippen molar-refractivity contribution >= 4 is 11.6 Å². The maximum atomic E-state index is 13.8. The zero-order valence-electron chi connectivity index (χ0n) is 15.0. The van der Waals surface area contributed by atoms with Crippen molar-refractivity contribution in [2.24, 2.45) is 5.92 Å². The molecule has 0 radical (unpaired) electrons. The smallest absolute Gasteiger partial charge is 0.208 e. The Labute approximate surface area is 155 Å². The Morgan fingerprint density at radius 3 is 2.36 bits per heavy atom. The Balaban J connectivity index is 1.54. The van der Waals surface area contributed by atoms with Crippen molar-refractivity contribution in [2.75, 3.05) is 0 Å². The van der Waals surface area contributed by atoms with E-state index in [0.29, 0.717) is 12.0 Å². The summed E-state index contributed by atoms with van der Waals surface area (Å²) in [6.07, 6.45) is 9.58. The highest BCUT2D eigenvalue weighted by Crippen LogP contribution is 2.37. The third-order valence-electron chi connectivity index (χ3n) is 5.57. The first kappa shape index (κ1) is 18.4. The third-order valence-corrected chi connectivity index (χ3v) is 5.78. The van der Waals surface area contributed by atoms with Crippen molar-refractivity contribution < 1.29 is 4.39 Å². The molecule has 3 rings (SSSR count). The molecule has 1 nitrogen and oxygen atoms in total. The molecule has 1 heterocycles. The van der Waals surface area contributed by atoms with Crippen LogP contribution in [0, 0.1) is 11.9 Å². The molecule has 0 N–H and O–H groups in total. The molecule has 0 aliphatic heterocycles. The van der Waals surface area contributed by atoms with Crippen LogP contribution in [-0.2, 0) is 12.8 Å². The summed E-state index contributed by atoms with van der Waals surface area (Å²) in [5.74, 6) is 1.22. The van der Waals surface area contributed by atoms with Crippen LogP contribution in [0.15, 0.2) is 36.4 Å². The minimum atomic E-state index is -0.451. The zero-order chi connectivity index (χ0) is 17.6. The molecule has 1 aromatic heterocycles. The van der Waals surface area contributed by atoms with Gasteiger partial charge in [-0.25, -0.2) is 4.98 Å². The van der Waals surface area contributed by atoms with Crippen LogP contribution in [0.2, 0.25) is 5.15 Å². The number of aryl methyl sites for hydroxylation is 2. The lowest BCUT2D eigenvalue weighted by atomic mass is 9.77. The Hall–Kier alpha value is -1.41. The van der Waals surface area contributed by atoms with Gasteiger partial charge in [0.05, 0.1) is 0 Å². The lowest BCUT2D eigenvalue weighted by Crippen LogP contribution is -2.13. The molecule has 134 valence electrons. The van der Waals surface area contributed by atoms with Crippen LogP contribution in [0.25, 0.3) is 0 Å². The summed E-state index contributed by atoms with van der Waals surface area (Å²) in [4.78, 5) is 3.68. The quantitative estimate of drug-likeness (QED) is 0.521. The van der Waals surface area contributed by atoms with E-state index < -0.39 is 5.95 Å². The van der Waals surface area contributed by atoms with Crippen molar-refractivity contribution in [3.8, 4) is 0 Å². The van der Waals surface area contributed by atoms with Crippen LogP contribution in [0.5, 0.6) is 0 Å². The Morgan fingerprint density at radius 2 is 1.72 bits per heavy atom. The summed E-state index contributed by atoms with van der Waals surface area (Å²) < 4.78 is 13.8. The Morgan fingerprint density at radius 1 is 1.00 bits per heavy atom. The van der Waals surface area contributed by atoms with Gasteiger partial charge in [0.1, 0.15) is 5.15 Å². The molecule has 1 aliphatic rings. The van der Waals surface area contributed by atoms with Crippen molar-refractivity contribution in [3.63, 3.8) is 0 Å². The molecule has 0 atom stereocenters. The monoisotopic (exact) mass is 359 g/mol. The fourth-order valence-electron chi connectivity index (χ4n) is 4.06. The Bertz CT molecular complexity index is 675. The minimum Gasteiger partial charge on any atom is -0.208 e. The highest BCUT2D eigenvalue weighted by atomic mass is 35.5. The van der Waals surface area contributed by atoms with Gasteiger partial charge in [-0.2, -0.15) is 4.39 Å². The van der Waals surface area contributed by atoms with Gasteiger partial charge in [0.15, 0.2) is 0 Å². The summed E-state index contributed by atoms with van der Waals surface area (Å²) in [6.45, 7) is 2.29. The average Bonchev–Trinajstić information content (AvgIpc) is 2.62. The summed E-state index contributed by atoms with van der Waals surface area (Å²) >= 11 is 5.70. The predicted molar refractivity (Wildman–Crippen MR) is 103 cm³/mol. The van der Waals surface area contributed by atoms with Crippen molar-refractivity contribution in [3.05, 3.63) is 64.2 Å². The molecule has 1 saturated carbocycles. The molecular weight excluding hydrogens is 333 g/mol. The number of halogens is 2. The number of benzene rings is 1. The van der Waals surface area contributed by atoms with E-state index in [1.165, 1.54) is 49.7 Å². The lowest BCUT2D eigenvalue weighted by Gasteiger charge is -2.28. The Kier molecular flexibility index (Phi) is 6.47. The van der Waals surface area contributed by atoms with Gasteiger partial charge in [-0.15, -0.1) is 0 Å². The second kappa shape index (κ2) is 8.80. The molecule has 0 unspecified atom stereocenters. The van der Waals surface area contributed by atoms with Gasteiger partial charge in [-0.3, -0.25) is 0 Å². The summed E-state index contributed by atoms with van der Waals surface area (Å²) in [5.41, 5.74) is 3.35. The van der Waals surface area contributed by atoms with Crippen LogP contribution in [0.1, 0.15) is 68.1 Å². The lowest BCUT2D eigenvalue weighted by molar-refractivity contribution is 0.308. The first-order valence-corrected chi connectivity index (χ1v) is 9.93. The minimum absolute atomic E-state index is 0.208. The number of nitrogens with zero attached hydrogens (tertiary/aromatic N) is 1. The van der Waals surface area contributed by atoms with Gasteiger partial charge in [0.2, 0.25) is 5.95 Å². The van der Waals surface area contributed by atoms with E-state index >= 15 is 0 Å². The normalized spacial score (nSPS) is 20.6. The van der Waals surface area contributed by atoms with Gasteiger partial charge in [-0.05, 0) is 67.6 Å². The van der Waals surface area contributed by atoms with Gasteiger partial charge in [-0.1, -0.05) is 61.7 Å². The fraction of sp³-hybridized carbons (Fsp3) is 0.500. The molecule has 0 bridgehead atoms. The summed E-state index contributed by atoms with van der Waals surface area (Å²) in [5, 5.41) is 0.208. The van der Waals surface area contributed by atoms with E-state index in [1.54, 1.807) is 12.1 Å². The van der Waals surface area contributed by atoms with Crippen LogP contribution < -0.4 is 0 Å². The second-order valence-corrected chi connectivity index (χ2v) is 7.72. The maximum absolute atomic E-state index is 13.8. The highest BCUT2D eigenvalue weighted by Gasteiger charge is 2.21. The highest BCUT2D eigenvalue weighted by molar-refractivity contribution is 6.29. The van der Waals surface area contributed by atoms with Gasteiger partial charge in [0.25, 0.3) is 0 Å². The third kappa shape index (κ3) is 5.04. The van der Waals surface area contributed by atoms with Gasteiger partial charge < -0.3 is 0 Å². The molecule has 0 spiro atoms. The van der Waals surface area contributed by atoms with Gasteiger partial charge in [0, 0.05) is 5.56 Å². The van der Waals surface area contributed by atoms with Crippen molar-refractivity contribution in [1.29, 1.82) is 0 Å². The van der Waals surface area contributed by atoms with Crippen LogP contribution in [-0.4, -0.2) is 4.98 Å². The summed E-state index contributed by atoms with van der Waals surface area (Å²) in [7, 11) is 0. The zero-order valence-corrected chi connectivity index (χ0v) is 15.7. The molecule has 0 saturated heterocycles. The fourth-order valence-corrected chi connectivity index (χ4v) is 4.19. The maximum Gasteiger partial charge on any atom is 0.217 e.